The lowest BCUT2D eigenvalue weighted by Gasteiger charge is -2.23. The van der Waals surface area contributed by atoms with E-state index >= 15 is 0 Å². The SMILES string of the molecule is CC1(C(=O)Nc2cccc(CCC(=O)O)c2)CCCN1. The monoisotopic (exact) mass is 276 g/mol. The number of carboxylic acids is 1. The van der Waals surface area contributed by atoms with Gasteiger partial charge in [-0.05, 0) is 50.4 Å². The standard InChI is InChI=1S/C15H20N2O3/c1-15(8-3-9-16-15)14(20)17-12-5-2-4-11(10-12)6-7-13(18)19/h2,4-5,10,16H,3,6-9H2,1H3,(H,17,20)(H,18,19). The number of carbonyl (C=O) groups excluding carboxylic acids is 1. The molecule has 1 heterocycles. The Morgan fingerprint density at radius 3 is 2.90 bits per heavy atom. The Bertz CT molecular complexity index is 508. The second-order valence-electron chi connectivity index (χ2n) is 5.41. The van der Waals surface area contributed by atoms with Crippen molar-refractivity contribution in [3.05, 3.63) is 29.8 Å². The Morgan fingerprint density at radius 2 is 2.25 bits per heavy atom. The first-order valence-corrected chi connectivity index (χ1v) is 6.87. The first kappa shape index (κ1) is 14.5. The second kappa shape index (κ2) is 6.05. The summed E-state index contributed by atoms with van der Waals surface area (Å²) in [5.41, 5.74) is 1.12. The molecular formula is C15H20N2O3. The lowest BCUT2D eigenvalue weighted by Crippen LogP contribution is -2.47. The van der Waals surface area contributed by atoms with Gasteiger partial charge in [-0.3, -0.25) is 9.59 Å². The fourth-order valence-corrected chi connectivity index (χ4v) is 2.41. The molecule has 20 heavy (non-hydrogen) atoms. The Balaban J connectivity index is 2.00. The molecule has 0 bridgehead atoms. The van der Waals surface area contributed by atoms with E-state index in [1.165, 1.54) is 0 Å². The van der Waals surface area contributed by atoms with Crippen molar-refractivity contribution in [1.29, 1.82) is 0 Å². The van der Waals surface area contributed by atoms with Crippen LogP contribution in [0.4, 0.5) is 5.69 Å². The molecule has 1 aromatic rings. The van der Waals surface area contributed by atoms with E-state index in [0.717, 1.165) is 24.9 Å². The molecule has 1 aliphatic heterocycles. The van der Waals surface area contributed by atoms with Gasteiger partial charge in [-0.1, -0.05) is 12.1 Å². The quantitative estimate of drug-likeness (QED) is 0.766. The van der Waals surface area contributed by atoms with E-state index in [2.05, 4.69) is 10.6 Å². The van der Waals surface area contributed by atoms with Crippen LogP contribution < -0.4 is 10.6 Å². The van der Waals surface area contributed by atoms with E-state index in [-0.39, 0.29) is 12.3 Å². The topological polar surface area (TPSA) is 78.4 Å². The summed E-state index contributed by atoms with van der Waals surface area (Å²) in [7, 11) is 0. The van der Waals surface area contributed by atoms with Crippen LogP contribution in [0.2, 0.25) is 0 Å². The molecule has 1 fully saturated rings. The van der Waals surface area contributed by atoms with Gasteiger partial charge in [0.15, 0.2) is 0 Å². The second-order valence-corrected chi connectivity index (χ2v) is 5.41. The number of carboxylic acid groups (broad SMARTS) is 1. The molecule has 1 unspecified atom stereocenters. The maximum absolute atomic E-state index is 12.2. The van der Waals surface area contributed by atoms with Crippen LogP contribution in [-0.2, 0) is 16.0 Å². The number of anilines is 1. The van der Waals surface area contributed by atoms with Gasteiger partial charge in [0, 0.05) is 12.1 Å². The normalized spacial score (nSPS) is 21.6. The zero-order valence-corrected chi connectivity index (χ0v) is 11.6. The fourth-order valence-electron chi connectivity index (χ4n) is 2.41. The van der Waals surface area contributed by atoms with Crippen LogP contribution in [0.25, 0.3) is 0 Å². The molecule has 0 saturated carbocycles. The number of carbonyl (C=O) groups is 2. The zero-order chi connectivity index (χ0) is 14.6. The number of rotatable bonds is 5. The summed E-state index contributed by atoms with van der Waals surface area (Å²) in [6.45, 7) is 2.77. The van der Waals surface area contributed by atoms with Crippen molar-refractivity contribution in [2.24, 2.45) is 0 Å². The van der Waals surface area contributed by atoms with Gasteiger partial charge in [-0.15, -0.1) is 0 Å². The average molecular weight is 276 g/mol. The summed E-state index contributed by atoms with van der Waals surface area (Å²) in [6.07, 6.45) is 2.39. The van der Waals surface area contributed by atoms with Crippen LogP contribution in [0.5, 0.6) is 0 Å². The predicted octanol–water partition coefficient (Wildman–Crippen LogP) is 1.78. The number of hydrogen-bond donors (Lipinski definition) is 3. The molecule has 2 rings (SSSR count). The molecule has 1 amide bonds. The molecule has 5 heteroatoms. The lowest BCUT2D eigenvalue weighted by atomic mass is 9.99. The third kappa shape index (κ3) is 3.57. The summed E-state index contributed by atoms with van der Waals surface area (Å²) >= 11 is 0. The first-order valence-electron chi connectivity index (χ1n) is 6.87. The van der Waals surface area contributed by atoms with Crippen molar-refractivity contribution in [2.45, 2.75) is 38.1 Å². The van der Waals surface area contributed by atoms with Gasteiger partial charge < -0.3 is 15.7 Å². The van der Waals surface area contributed by atoms with Gasteiger partial charge in [0.1, 0.15) is 0 Å². The molecule has 3 N–H and O–H groups in total. The largest absolute Gasteiger partial charge is 0.481 e. The van der Waals surface area contributed by atoms with Gasteiger partial charge in [-0.2, -0.15) is 0 Å². The minimum Gasteiger partial charge on any atom is -0.481 e. The highest BCUT2D eigenvalue weighted by molar-refractivity contribution is 5.98. The number of aliphatic carboxylic acids is 1. The van der Waals surface area contributed by atoms with E-state index in [4.69, 9.17) is 5.11 Å². The first-order chi connectivity index (χ1) is 9.49. The van der Waals surface area contributed by atoms with Gasteiger partial charge >= 0.3 is 5.97 Å². The van der Waals surface area contributed by atoms with E-state index in [9.17, 15) is 9.59 Å². The third-order valence-corrected chi connectivity index (χ3v) is 3.68. The van der Waals surface area contributed by atoms with Crippen LogP contribution in [0.15, 0.2) is 24.3 Å². The Morgan fingerprint density at radius 1 is 1.45 bits per heavy atom. The molecule has 5 nitrogen and oxygen atoms in total. The fraction of sp³-hybridized carbons (Fsp3) is 0.467. The summed E-state index contributed by atoms with van der Waals surface area (Å²) in [6, 6.07) is 7.35. The van der Waals surface area contributed by atoms with Crippen LogP contribution in [0, 0.1) is 0 Å². The van der Waals surface area contributed by atoms with Gasteiger partial charge in [0.2, 0.25) is 5.91 Å². The van der Waals surface area contributed by atoms with E-state index < -0.39 is 11.5 Å². The van der Waals surface area contributed by atoms with Crippen molar-refractivity contribution >= 4 is 17.6 Å². The molecule has 1 aromatic carbocycles. The molecule has 1 saturated heterocycles. The number of hydrogen-bond acceptors (Lipinski definition) is 3. The molecular weight excluding hydrogens is 256 g/mol. The molecule has 1 aliphatic rings. The molecule has 0 spiro atoms. The predicted molar refractivity (Wildman–Crippen MR) is 76.7 cm³/mol. The van der Waals surface area contributed by atoms with Crippen LogP contribution >= 0.6 is 0 Å². The van der Waals surface area contributed by atoms with Crippen LogP contribution in [0.3, 0.4) is 0 Å². The smallest absolute Gasteiger partial charge is 0.303 e. The summed E-state index contributed by atoms with van der Waals surface area (Å²) in [4.78, 5) is 22.8. The maximum atomic E-state index is 12.2. The molecule has 0 aromatic heterocycles. The van der Waals surface area contributed by atoms with Crippen LogP contribution in [0.1, 0.15) is 31.7 Å². The molecule has 1 atom stereocenters. The summed E-state index contributed by atoms with van der Waals surface area (Å²) in [5.74, 6) is -0.854. The van der Waals surface area contributed by atoms with Crippen molar-refractivity contribution in [3.63, 3.8) is 0 Å². The molecule has 108 valence electrons. The minimum atomic E-state index is -0.817. The van der Waals surface area contributed by atoms with E-state index in [0.29, 0.717) is 12.1 Å². The molecule has 0 radical (unpaired) electrons. The third-order valence-electron chi connectivity index (χ3n) is 3.68. The highest BCUT2D eigenvalue weighted by Gasteiger charge is 2.35. The summed E-state index contributed by atoms with van der Waals surface area (Å²) < 4.78 is 0. The Kier molecular flexibility index (Phi) is 4.39. The van der Waals surface area contributed by atoms with Gasteiger partial charge in [0.25, 0.3) is 0 Å². The lowest BCUT2D eigenvalue weighted by molar-refractivity contribution is -0.137. The summed E-state index contributed by atoms with van der Waals surface area (Å²) in [5, 5.41) is 14.8. The minimum absolute atomic E-state index is 0.0367. The number of amides is 1. The van der Waals surface area contributed by atoms with Crippen molar-refractivity contribution in [1.82, 2.24) is 5.32 Å². The van der Waals surface area contributed by atoms with E-state index in [1.807, 2.05) is 31.2 Å². The van der Waals surface area contributed by atoms with Gasteiger partial charge in [-0.25, -0.2) is 0 Å². The number of nitrogens with one attached hydrogen (secondary N) is 2. The Labute approximate surface area is 118 Å². The maximum Gasteiger partial charge on any atom is 0.303 e. The highest BCUT2D eigenvalue weighted by Crippen LogP contribution is 2.21. The van der Waals surface area contributed by atoms with Crippen molar-refractivity contribution < 1.29 is 14.7 Å². The average Bonchev–Trinajstić information content (AvgIpc) is 2.85. The Hall–Kier alpha value is -1.88. The van der Waals surface area contributed by atoms with Crippen LogP contribution in [-0.4, -0.2) is 29.1 Å². The number of aryl methyl sites for hydroxylation is 1. The van der Waals surface area contributed by atoms with Crippen molar-refractivity contribution in [2.75, 3.05) is 11.9 Å². The number of benzene rings is 1. The van der Waals surface area contributed by atoms with Crippen molar-refractivity contribution in [3.8, 4) is 0 Å². The van der Waals surface area contributed by atoms with E-state index in [1.54, 1.807) is 0 Å². The molecule has 0 aliphatic carbocycles. The van der Waals surface area contributed by atoms with Gasteiger partial charge in [0.05, 0.1) is 5.54 Å². The zero-order valence-electron chi connectivity index (χ0n) is 11.6. The highest BCUT2D eigenvalue weighted by atomic mass is 16.4.